The molecule has 0 saturated heterocycles. The molecule has 0 radical (unpaired) electrons. The van der Waals surface area contributed by atoms with E-state index in [1.807, 2.05) is 12.1 Å². The third kappa shape index (κ3) is 3.98. The second-order valence-corrected chi connectivity index (χ2v) is 4.22. The summed E-state index contributed by atoms with van der Waals surface area (Å²) in [6.45, 7) is 3.79. The van der Waals surface area contributed by atoms with Crippen LogP contribution < -0.4 is 0 Å². The molecule has 0 aliphatic rings. The molecule has 1 aromatic heterocycles. The van der Waals surface area contributed by atoms with Gasteiger partial charge in [0.2, 0.25) is 0 Å². The maximum absolute atomic E-state index is 14.2. The lowest BCUT2D eigenvalue weighted by molar-refractivity contribution is 0.165. The first kappa shape index (κ1) is 12.2. The highest BCUT2D eigenvalue weighted by molar-refractivity contribution is 5.11. The molecule has 2 heteroatoms. The first-order valence-electron chi connectivity index (χ1n) is 5.77. The Labute approximate surface area is 91.7 Å². The monoisotopic (exact) mass is 209 g/mol. The summed E-state index contributed by atoms with van der Waals surface area (Å²) < 4.78 is 14.2. The van der Waals surface area contributed by atoms with Crippen molar-refractivity contribution in [3.8, 4) is 0 Å². The highest BCUT2D eigenvalue weighted by Gasteiger charge is 2.26. The van der Waals surface area contributed by atoms with Crippen molar-refractivity contribution in [3.05, 3.63) is 30.1 Å². The molecule has 15 heavy (non-hydrogen) atoms. The fraction of sp³-hybridized carbons (Fsp3) is 0.615. The standard InChI is InChI=1S/C13H20FN/c1-3-4-5-7-10-13(2,14)12-9-6-8-11-15-12/h6,8-9,11H,3-5,7,10H2,1-2H3. The van der Waals surface area contributed by atoms with Crippen LogP contribution in [0.25, 0.3) is 0 Å². The molecule has 0 saturated carbocycles. The highest BCUT2D eigenvalue weighted by atomic mass is 19.1. The summed E-state index contributed by atoms with van der Waals surface area (Å²) in [6.07, 6.45) is 6.66. The van der Waals surface area contributed by atoms with Gasteiger partial charge in [0, 0.05) is 6.20 Å². The molecule has 0 amide bonds. The van der Waals surface area contributed by atoms with Crippen molar-refractivity contribution in [2.75, 3.05) is 0 Å². The number of alkyl halides is 1. The Hall–Kier alpha value is -0.920. The van der Waals surface area contributed by atoms with Gasteiger partial charge in [0.05, 0.1) is 5.69 Å². The highest BCUT2D eigenvalue weighted by Crippen LogP contribution is 2.29. The van der Waals surface area contributed by atoms with Gasteiger partial charge in [0.25, 0.3) is 0 Å². The van der Waals surface area contributed by atoms with E-state index < -0.39 is 5.67 Å². The first-order valence-corrected chi connectivity index (χ1v) is 5.77. The van der Waals surface area contributed by atoms with Crippen molar-refractivity contribution < 1.29 is 4.39 Å². The zero-order valence-corrected chi connectivity index (χ0v) is 9.67. The van der Waals surface area contributed by atoms with Gasteiger partial charge in [-0.05, 0) is 31.9 Å². The van der Waals surface area contributed by atoms with Gasteiger partial charge >= 0.3 is 0 Å². The molecule has 0 aliphatic heterocycles. The molecule has 1 unspecified atom stereocenters. The third-order valence-electron chi connectivity index (χ3n) is 2.70. The lowest BCUT2D eigenvalue weighted by Gasteiger charge is -2.19. The fourth-order valence-electron chi connectivity index (χ4n) is 1.68. The number of hydrogen-bond donors (Lipinski definition) is 0. The summed E-state index contributed by atoms with van der Waals surface area (Å²) >= 11 is 0. The largest absolute Gasteiger partial charge is 0.258 e. The summed E-state index contributed by atoms with van der Waals surface area (Å²) in [7, 11) is 0. The van der Waals surface area contributed by atoms with Gasteiger partial charge < -0.3 is 0 Å². The lowest BCUT2D eigenvalue weighted by Crippen LogP contribution is -2.16. The first-order chi connectivity index (χ1) is 7.17. The predicted octanol–water partition coefficient (Wildman–Crippen LogP) is 4.24. The average molecular weight is 209 g/mol. The smallest absolute Gasteiger partial charge is 0.149 e. The molecule has 1 rings (SSSR count). The maximum Gasteiger partial charge on any atom is 0.149 e. The molecule has 1 heterocycles. The van der Waals surface area contributed by atoms with Crippen LogP contribution in [0, 0.1) is 0 Å². The Morgan fingerprint density at radius 3 is 2.67 bits per heavy atom. The molecule has 1 nitrogen and oxygen atoms in total. The van der Waals surface area contributed by atoms with Crippen LogP contribution in [0.2, 0.25) is 0 Å². The van der Waals surface area contributed by atoms with Crippen molar-refractivity contribution >= 4 is 0 Å². The van der Waals surface area contributed by atoms with E-state index in [4.69, 9.17) is 0 Å². The van der Waals surface area contributed by atoms with Crippen LogP contribution in [0.3, 0.4) is 0 Å². The van der Waals surface area contributed by atoms with E-state index in [1.165, 1.54) is 12.8 Å². The molecule has 0 bridgehead atoms. The van der Waals surface area contributed by atoms with Crippen LogP contribution >= 0.6 is 0 Å². The van der Waals surface area contributed by atoms with Crippen molar-refractivity contribution in [1.82, 2.24) is 4.98 Å². The molecule has 0 aromatic carbocycles. The second kappa shape index (κ2) is 5.84. The van der Waals surface area contributed by atoms with Gasteiger partial charge in [0.1, 0.15) is 5.67 Å². The van der Waals surface area contributed by atoms with Gasteiger partial charge in [-0.3, -0.25) is 4.98 Å². The van der Waals surface area contributed by atoms with Crippen molar-refractivity contribution in [2.45, 2.75) is 51.6 Å². The molecule has 84 valence electrons. The Morgan fingerprint density at radius 1 is 1.27 bits per heavy atom. The van der Waals surface area contributed by atoms with Gasteiger partial charge in [-0.15, -0.1) is 0 Å². The Morgan fingerprint density at radius 2 is 2.07 bits per heavy atom. The number of aromatic nitrogens is 1. The Balaban J connectivity index is 2.45. The number of hydrogen-bond acceptors (Lipinski definition) is 1. The fourth-order valence-corrected chi connectivity index (χ4v) is 1.68. The lowest BCUT2D eigenvalue weighted by atomic mass is 9.96. The molecule has 0 fully saturated rings. The molecule has 1 aromatic rings. The predicted molar refractivity (Wildman–Crippen MR) is 61.5 cm³/mol. The maximum atomic E-state index is 14.2. The molecule has 0 N–H and O–H groups in total. The second-order valence-electron chi connectivity index (χ2n) is 4.22. The zero-order chi connectivity index (χ0) is 11.1. The van der Waals surface area contributed by atoms with Crippen LogP contribution in [-0.2, 0) is 5.67 Å². The van der Waals surface area contributed by atoms with Crippen LogP contribution in [0.5, 0.6) is 0 Å². The quantitative estimate of drug-likeness (QED) is 0.639. The minimum absolute atomic E-state index is 0.557. The van der Waals surface area contributed by atoms with Gasteiger partial charge in [-0.2, -0.15) is 0 Å². The summed E-state index contributed by atoms with van der Waals surface area (Å²) in [4.78, 5) is 4.07. The normalized spacial score (nSPS) is 14.9. The minimum Gasteiger partial charge on any atom is -0.258 e. The molecule has 0 aliphatic carbocycles. The summed E-state index contributed by atoms with van der Waals surface area (Å²) in [5.41, 5.74) is -0.712. The molecular weight excluding hydrogens is 189 g/mol. The molecule has 0 spiro atoms. The van der Waals surface area contributed by atoms with Gasteiger partial charge in [-0.25, -0.2) is 4.39 Å². The minimum atomic E-state index is -1.27. The topological polar surface area (TPSA) is 12.9 Å². The van der Waals surface area contributed by atoms with E-state index in [-0.39, 0.29) is 0 Å². The van der Waals surface area contributed by atoms with E-state index >= 15 is 0 Å². The van der Waals surface area contributed by atoms with Crippen molar-refractivity contribution in [1.29, 1.82) is 0 Å². The number of pyridine rings is 1. The summed E-state index contributed by atoms with van der Waals surface area (Å²) in [6, 6.07) is 5.42. The van der Waals surface area contributed by atoms with E-state index in [0.717, 1.165) is 12.8 Å². The number of unbranched alkanes of at least 4 members (excludes halogenated alkanes) is 3. The SMILES string of the molecule is CCCCCCC(C)(F)c1ccccn1. The van der Waals surface area contributed by atoms with Gasteiger partial charge in [0.15, 0.2) is 0 Å². The van der Waals surface area contributed by atoms with Crippen LogP contribution in [0.15, 0.2) is 24.4 Å². The van der Waals surface area contributed by atoms with Crippen molar-refractivity contribution in [2.24, 2.45) is 0 Å². The summed E-state index contributed by atoms with van der Waals surface area (Å²) in [5.74, 6) is 0. The van der Waals surface area contributed by atoms with E-state index in [2.05, 4.69) is 11.9 Å². The van der Waals surface area contributed by atoms with E-state index in [9.17, 15) is 4.39 Å². The van der Waals surface area contributed by atoms with Crippen LogP contribution in [-0.4, -0.2) is 4.98 Å². The van der Waals surface area contributed by atoms with Crippen LogP contribution in [0.1, 0.15) is 51.6 Å². The third-order valence-corrected chi connectivity index (χ3v) is 2.70. The number of nitrogens with zero attached hydrogens (tertiary/aromatic N) is 1. The van der Waals surface area contributed by atoms with E-state index in [1.54, 1.807) is 19.2 Å². The number of halogens is 1. The van der Waals surface area contributed by atoms with Crippen molar-refractivity contribution in [3.63, 3.8) is 0 Å². The van der Waals surface area contributed by atoms with E-state index in [0.29, 0.717) is 12.1 Å². The van der Waals surface area contributed by atoms with Crippen LogP contribution in [0.4, 0.5) is 4.39 Å². The molecular formula is C13H20FN. The van der Waals surface area contributed by atoms with Gasteiger partial charge in [-0.1, -0.05) is 32.3 Å². The zero-order valence-electron chi connectivity index (χ0n) is 9.67. The Bertz CT molecular complexity index is 269. The average Bonchev–Trinajstić information content (AvgIpc) is 2.26. The Kier molecular flexibility index (Phi) is 4.73. The molecule has 1 atom stereocenters. The number of rotatable bonds is 6. The summed E-state index contributed by atoms with van der Waals surface area (Å²) in [5, 5.41) is 0.